The van der Waals surface area contributed by atoms with Crippen LogP contribution in [0.1, 0.15) is 33.6 Å². The van der Waals surface area contributed by atoms with Crippen molar-refractivity contribution >= 4 is 29.1 Å². The number of carbonyl (C=O) groups excluding carboxylic acids is 3. The van der Waals surface area contributed by atoms with Crippen LogP contribution in [0.4, 0.5) is 11.4 Å². The summed E-state index contributed by atoms with van der Waals surface area (Å²) < 4.78 is 0. The normalized spacial score (nSPS) is 16.1. The molecule has 1 saturated heterocycles. The lowest BCUT2D eigenvalue weighted by Crippen LogP contribution is -2.38. The van der Waals surface area contributed by atoms with Gasteiger partial charge in [-0.3, -0.25) is 19.3 Å². The predicted octanol–water partition coefficient (Wildman–Crippen LogP) is 2.45. The molecule has 0 radical (unpaired) electrons. The molecule has 2 aliphatic rings. The average Bonchev–Trinajstić information content (AvgIpc) is 3.35. The van der Waals surface area contributed by atoms with E-state index in [9.17, 15) is 14.4 Å². The van der Waals surface area contributed by atoms with Gasteiger partial charge in [0.25, 0.3) is 11.8 Å². The van der Waals surface area contributed by atoms with E-state index in [2.05, 4.69) is 15.1 Å². The Bertz CT molecular complexity index is 954. The zero-order valence-electron chi connectivity index (χ0n) is 17.1. The largest absolute Gasteiger partial charge is 0.361 e. The van der Waals surface area contributed by atoms with Crippen molar-refractivity contribution in [2.45, 2.75) is 12.8 Å². The minimum absolute atomic E-state index is 0.162. The van der Waals surface area contributed by atoms with Crippen LogP contribution in [0.2, 0.25) is 0 Å². The second kappa shape index (κ2) is 8.67. The van der Waals surface area contributed by atoms with Gasteiger partial charge in [-0.15, -0.1) is 0 Å². The third-order valence-corrected chi connectivity index (χ3v) is 5.71. The van der Waals surface area contributed by atoms with E-state index >= 15 is 0 Å². The maximum absolute atomic E-state index is 12.8. The summed E-state index contributed by atoms with van der Waals surface area (Å²) in [6, 6.07) is 14.7. The van der Waals surface area contributed by atoms with Crippen LogP contribution in [-0.2, 0) is 4.79 Å². The Kier molecular flexibility index (Phi) is 5.81. The number of benzene rings is 2. The summed E-state index contributed by atoms with van der Waals surface area (Å²) in [7, 11) is 1.46. The van der Waals surface area contributed by atoms with Crippen LogP contribution in [0, 0.1) is 0 Å². The zero-order valence-corrected chi connectivity index (χ0v) is 17.1. The van der Waals surface area contributed by atoms with E-state index in [0.29, 0.717) is 16.8 Å². The van der Waals surface area contributed by atoms with Gasteiger partial charge in [0.05, 0.1) is 17.7 Å². The third kappa shape index (κ3) is 4.21. The van der Waals surface area contributed by atoms with Gasteiger partial charge in [-0.25, -0.2) is 0 Å². The highest BCUT2D eigenvalue weighted by molar-refractivity contribution is 6.21. The highest BCUT2D eigenvalue weighted by Crippen LogP contribution is 2.25. The molecule has 0 bridgehead atoms. The number of amides is 3. The first-order valence-electron chi connectivity index (χ1n) is 10.3. The molecule has 0 spiro atoms. The number of hydrogen-bond acceptors (Lipinski definition) is 5. The minimum atomic E-state index is -0.345. The number of nitrogens with zero attached hydrogens (tertiary/aromatic N) is 3. The molecule has 2 heterocycles. The van der Waals surface area contributed by atoms with Gasteiger partial charge in [-0.2, -0.15) is 0 Å². The molecule has 2 aromatic rings. The fourth-order valence-electron chi connectivity index (χ4n) is 4.02. The Morgan fingerprint density at radius 2 is 1.70 bits per heavy atom. The number of imide groups is 1. The second-order valence-electron chi connectivity index (χ2n) is 7.78. The number of likely N-dealkylation sites (tertiary alicyclic amines) is 1. The smallest absolute Gasteiger partial charge is 0.261 e. The summed E-state index contributed by atoms with van der Waals surface area (Å²) in [6.07, 6.45) is 2.47. The van der Waals surface area contributed by atoms with Gasteiger partial charge in [0.2, 0.25) is 5.91 Å². The predicted molar refractivity (Wildman–Crippen MR) is 116 cm³/mol. The Balaban J connectivity index is 1.44. The van der Waals surface area contributed by atoms with Crippen molar-refractivity contribution in [3.05, 3.63) is 59.7 Å². The zero-order chi connectivity index (χ0) is 21.1. The number of nitrogens with one attached hydrogen (secondary N) is 1. The SMILES string of the molecule is CN1C(=O)c2ccc(NC(=O)CN(CCN3CCCC3)c3ccccc3)cc2C1=O. The van der Waals surface area contributed by atoms with Gasteiger partial charge in [0, 0.05) is 31.5 Å². The number of para-hydroxylation sites is 1. The summed E-state index contributed by atoms with van der Waals surface area (Å²) >= 11 is 0. The summed E-state index contributed by atoms with van der Waals surface area (Å²) in [5.74, 6) is -0.821. The lowest BCUT2D eigenvalue weighted by atomic mass is 10.1. The lowest BCUT2D eigenvalue weighted by molar-refractivity contribution is -0.115. The molecule has 2 aromatic carbocycles. The standard InChI is InChI=1S/C23H26N4O3/c1-25-22(29)19-10-9-17(15-20(19)23(25)30)24-21(28)16-27(18-7-3-2-4-8-18)14-13-26-11-5-6-12-26/h2-4,7-10,15H,5-6,11-14,16H2,1H3,(H,24,28). The number of rotatable bonds is 7. The quantitative estimate of drug-likeness (QED) is 0.715. The Morgan fingerprint density at radius 1 is 1.00 bits per heavy atom. The van der Waals surface area contributed by atoms with E-state index in [1.165, 1.54) is 19.9 Å². The highest BCUT2D eigenvalue weighted by atomic mass is 16.2. The number of carbonyl (C=O) groups is 3. The third-order valence-electron chi connectivity index (χ3n) is 5.71. The van der Waals surface area contributed by atoms with E-state index in [0.717, 1.165) is 36.8 Å². The molecule has 2 aliphatic heterocycles. The van der Waals surface area contributed by atoms with Crippen LogP contribution in [0.15, 0.2) is 48.5 Å². The summed E-state index contributed by atoms with van der Waals surface area (Å²) in [6.45, 7) is 4.13. The number of fused-ring (bicyclic) bond motifs is 1. The molecule has 1 N–H and O–H groups in total. The Morgan fingerprint density at radius 3 is 2.43 bits per heavy atom. The van der Waals surface area contributed by atoms with Gasteiger partial charge in [0.1, 0.15) is 0 Å². The molecular weight excluding hydrogens is 380 g/mol. The van der Waals surface area contributed by atoms with E-state index in [1.807, 2.05) is 30.3 Å². The van der Waals surface area contributed by atoms with E-state index in [-0.39, 0.29) is 24.3 Å². The van der Waals surface area contributed by atoms with Crippen LogP contribution in [0.3, 0.4) is 0 Å². The number of anilines is 2. The number of hydrogen-bond donors (Lipinski definition) is 1. The van der Waals surface area contributed by atoms with E-state index < -0.39 is 0 Å². The maximum Gasteiger partial charge on any atom is 0.261 e. The van der Waals surface area contributed by atoms with Crippen LogP contribution in [0.5, 0.6) is 0 Å². The Labute approximate surface area is 176 Å². The fraction of sp³-hybridized carbons (Fsp3) is 0.348. The molecule has 3 amide bonds. The topological polar surface area (TPSA) is 73.0 Å². The van der Waals surface area contributed by atoms with Gasteiger partial charge in [-0.1, -0.05) is 18.2 Å². The van der Waals surface area contributed by atoms with Crippen molar-refractivity contribution in [3.63, 3.8) is 0 Å². The molecule has 7 heteroatoms. The fourth-order valence-corrected chi connectivity index (χ4v) is 4.02. The summed E-state index contributed by atoms with van der Waals surface area (Å²) in [4.78, 5) is 42.6. The highest BCUT2D eigenvalue weighted by Gasteiger charge is 2.32. The first kappa shape index (κ1) is 20.1. The van der Waals surface area contributed by atoms with Crippen LogP contribution < -0.4 is 10.2 Å². The molecule has 1 fully saturated rings. The van der Waals surface area contributed by atoms with Crippen LogP contribution in [-0.4, -0.2) is 67.3 Å². The molecule has 0 aromatic heterocycles. The summed E-state index contributed by atoms with van der Waals surface area (Å²) in [5.41, 5.74) is 2.22. The average molecular weight is 406 g/mol. The first-order chi connectivity index (χ1) is 14.5. The Hall–Kier alpha value is -3.19. The molecule has 0 atom stereocenters. The van der Waals surface area contributed by atoms with Gasteiger partial charge in [-0.05, 0) is 56.3 Å². The maximum atomic E-state index is 12.8. The summed E-state index contributed by atoms with van der Waals surface area (Å²) in [5, 5.41) is 2.87. The van der Waals surface area contributed by atoms with Crippen LogP contribution >= 0.6 is 0 Å². The van der Waals surface area contributed by atoms with Crippen LogP contribution in [0.25, 0.3) is 0 Å². The first-order valence-corrected chi connectivity index (χ1v) is 10.3. The molecule has 4 rings (SSSR count). The van der Waals surface area contributed by atoms with Gasteiger partial charge < -0.3 is 15.1 Å². The molecular formula is C23H26N4O3. The molecule has 7 nitrogen and oxygen atoms in total. The monoisotopic (exact) mass is 406 g/mol. The second-order valence-corrected chi connectivity index (χ2v) is 7.78. The van der Waals surface area contributed by atoms with Crippen molar-refractivity contribution < 1.29 is 14.4 Å². The van der Waals surface area contributed by atoms with Gasteiger partial charge in [0.15, 0.2) is 0 Å². The van der Waals surface area contributed by atoms with E-state index in [1.54, 1.807) is 18.2 Å². The molecule has 0 aliphatic carbocycles. The van der Waals surface area contributed by atoms with Gasteiger partial charge >= 0.3 is 0 Å². The molecule has 156 valence electrons. The van der Waals surface area contributed by atoms with Crippen molar-refractivity contribution in [1.29, 1.82) is 0 Å². The molecule has 30 heavy (non-hydrogen) atoms. The lowest BCUT2D eigenvalue weighted by Gasteiger charge is -2.27. The minimum Gasteiger partial charge on any atom is -0.361 e. The van der Waals surface area contributed by atoms with Crippen molar-refractivity contribution in [2.24, 2.45) is 0 Å². The van der Waals surface area contributed by atoms with Crippen molar-refractivity contribution in [1.82, 2.24) is 9.80 Å². The van der Waals surface area contributed by atoms with Crippen molar-refractivity contribution in [3.8, 4) is 0 Å². The van der Waals surface area contributed by atoms with E-state index in [4.69, 9.17) is 0 Å². The molecule has 0 saturated carbocycles. The molecule has 0 unspecified atom stereocenters. The van der Waals surface area contributed by atoms with Crippen molar-refractivity contribution in [2.75, 3.05) is 50.0 Å².